The summed E-state index contributed by atoms with van der Waals surface area (Å²) in [5, 5.41) is 16.1. The molecule has 0 spiro atoms. The molecular formula is C31H33ClN4O3S. The number of aliphatic hydroxyl groups is 1. The van der Waals surface area contributed by atoms with Gasteiger partial charge in [-0.2, -0.15) is 0 Å². The minimum Gasteiger partial charge on any atom is -0.395 e. The predicted octanol–water partition coefficient (Wildman–Crippen LogP) is 5.12. The summed E-state index contributed by atoms with van der Waals surface area (Å²) in [4.78, 5) is 34.9. The Morgan fingerprint density at radius 2 is 1.85 bits per heavy atom. The molecule has 1 saturated heterocycles. The molecule has 1 amide bonds. The number of rotatable bonds is 7. The van der Waals surface area contributed by atoms with E-state index in [0.29, 0.717) is 46.5 Å². The van der Waals surface area contributed by atoms with Crippen LogP contribution in [0.15, 0.2) is 58.7 Å². The molecule has 40 heavy (non-hydrogen) atoms. The Labute approximate surface area is 243 Å². The lowest BCUT2D eigenvalue weighted by molar-refractivity contribution is 0.0670. The monoisotopic (exact) mass is 576 g/mol. The molecule has 0 saturated carbocycles. The van der Waals surface area contributed by atoms with Gasteiger partial charge >= 0.3 is 0 Å². The zero-order valence-electron chi connectivity index (χ0n) is 22.9. The second-order valence-corrected chi connectivity index (χ2v) is 11.3. The van der Waals surface area contributed by atoms with Crippen LogP contribution in [0.2, 0.25) is 5.02 Å². The van der Waals surface area contributed by atoms with Gasteiger partial charge in [-0.05, 0) is 49.1 Å². The topological polar surface area (TPSA) is 87.5 Å². The summed E-state index contributed by atoms with van der Waals surface area (Å²) >= 11 is 7.45. The zero-order chi connectivity index (χ0) is 28.4. The average Bonchev–Trinajstić information content (AvgIpc) is 3.47. The Balaban J connectivity index is 1.72. The van der Waals surface area contributed by atoms with E-state index in [-0.39, 0.29) is 24.1 Å². The normalized spacial score (nSPS) is 15.4. The maximum atomic E-state index is 14.3. The molecule has 0 aliphatic carbocycles. The van der Waals surface area contributed by atoms with E-state index in [4.69, 9.17) is 16.6 Å². The van der Waals surface area contributed by atoms with E-state index in [1.165, 1.54) is 11.3 Å². The van der Waals surface area contributed by atoms with Gasteiger partial charge in [0, 0.05) is 47.3 Å². The number of nitrogens with one attached hydrogen (secondary N) is 1. The number of aliphatic hydroxyl groups excluding tert-OH is 1. The van der Waals surface area contributed by atoms with Gasteiger partial charge in [0.15, 0.2) is 0 Å². The number of benzene rings is 2. The molecule has 0 bridgehead atoms. The Bertz CT molecular complexity index is 1570. The number of amides is 1. The summed E-state index contributed by atoms with van der Waals surface area (Å²) in [7, 11) is 0. The zero-order valence-corrected chi connectivity index (χ0v) is 24.5. The summed E-state index contributed by atoms with van der Waals surface area (Å²) < 4.78 is 1.72. The number of nitrogens with zero attached hydrogens (tertiary/aromatic N) is 3. The minimum atomic E-state index is -0.199. The largest absolute Gasteiger partial charge is 0.395 e. The number of para-hydroxylation sites is 1. The van der Waals surface area contributed by atoms with Crippen molar-refractivity contribution in [3.63, 3.8) is 0 Å². The van der Waals surface area contributed by atoms with Crippen LogP contribution in [-0.2, 0) is 12.8 Å². The van der Waals surface area contributed by atoms with Crippen molar-refractivity contribution in [3.8, 4) is 27.5 Å². The van der Waals surface area contributed by atoms with Crippen molar-refractivity contribution >= 4 is 28.8 Å². The van der Waals surface area contributed by atoms with Crippen molar-refractivity contribution in [2.75, 3.05) is 26.2 Å². The number of piperazine rings is 1. The smallest absolute Gasteiger partial charge is 0.265 e. The second-order valence-electron chi connectivity index (χ2n) is 9.96. The summed E-state index contributed by atoms with van der Waals surface area (Å²) in [6.07, 6.45) is 1.49. The van der Waals surface area contributed by atoms with Crippen molar-refractivity contribution in [1.29, 1.82) is 0 Å². The Morgan fingerprint density at radius 3 is 2.50 bits per heavy atom. The third-order valence-electron chi connectivity index (χ3n) is 7.50. The SMILES string of the molecule is CCc1cccc(CC)c1-n1c(C)c(C(=O)N2CCN[C@H](CO)C2)cc(-c2nc(-c3ccc(Cl)cc3)cs2)c1=O. The fraction of sp³-hybridized carbons (Fsp3) is 0.323. The van der Waals surface area contributed by atoms with E-state index in [1.54, 1.807) is 15.5 Å². The molecule has 2 N–H and O–H groups in total. The quantitative estimate of drug-likeness (QED) is 0.319. The maximum Gasteiger partial charge on any atom is 0.265 e. The number of hydrogen-bond acceptors (Lipinski definition) is 6. The molecule has 1 aliphatic heterocycles. The van der Waals surface area contributed by atoms with E-state index in [1.807, 2.05) is 54.8 Å². The number of aromatic nitrogens is 2. The molecule has 1 atom stereocenters. The van der Waals surface area contributed by atoms with Crippen LogP contribution in [0, 0.1) is 6.92 Å². The number of aryl methyl sites for hydroxylation is 2. The molecule has 7 nitrogen and oxygen atoms in total. The summed E-state index contributed by atoms with van der Waals surface area (Å²) in [5.41, 5.74) is 5.83. The van der Waals surface area contributed by atoms with Crippen LogP contribution in [0.4, 0.5) is 0 Å². The lowest BCUT2D eigenvalue weighted by Gasteiger charge is -2.33. The Kier molecular flexibility index (Phi) is 8.51. The molecule has 5 rings (SSSR count). The minimum absolute atomic E-state index is 0.0518. The fourth-order valence-electron chi connectivity index (χ4n) is 5.30. The average molecular weight is 577 g/mol. The summed E-state index contributed by atoms with van der Waals surface area (Å²) in [6.45, 7) is 7.45. The van der Waals surface area contributed by atoms with Crippen LogP contribution in [0.1, 0.15) is 41.0 Å². The highest BCUT2D eigenvalue weighted by Gasteiger charge is 2.28. The highest BCUT2D eigenvalue weighted by Crippen LogP contribution is 2.31. The third-order valence-corrected chi connectivity index (χ3v) is 8.63. The van der Waals surface area contributed by atoms with E-state index in [2.05, 4.69) is 19.2 Å². The van der Waals surface area contributed by atoms with Crippen LogP contribution in [0.25, 0.3) is 27.5 Å². The van der Waals surface area contributed by atoms with Crippen molar-refractivity contribution in [3.05, 3.63) is 91.7 Å². The van der Waals surface area contributed by atoms with Gasteiger partial charge in [0.05, 0.1) is 29.1 Å². The molecule has 2 aromatic heterocycles. The molecule has 9 heteroatoms. The third kappa shape index (κ3) is 5.37. The van der Waals surface area contributed by atoms with Gasteiger partial charge in [-0.3, -0.25) is 14.2 Å². The van der Waals surface area contributed by atoms with Gasteiger partial charge in [0.2, 0.25) is 0 Å². The first kappa shape index (κ1) is 28.2. The lowest BCUT2D eigenvalue weighted by atomic mass is 10.0. The molecule has 3 heterocycles. The first-order valence-electron chi connectivity index (χ1n) is 13.6. The second kappa shape index (κ2) is 12.1. The number of halogens is 1. The number of carbonyl (C=O) groups is 1. The van der Waals surface area contributed by atoms with Gasteiger partial charge in [-0.25, -0.2) is 4.98 Å². The first-order chi connectivity index (χ1) is 19.4. The highest BCUT2D eigenvalue weighted by atomic mass is 35.5. The molecule has 1 aliphatic rings. The van der Waals surface area contributed by atoms with E-state index < -0.39 is 0 Å². The molecule has 4 aromatic rings. The molecule has 1 fully saturated rings. The van der Waals surface area contributed by atoms with Gasteiger partial charge in [-0.15, -0.1) is 11.3 Å². The number of carbonyl (C=O) groups excluding carboxylic acids is 1. The summed E-state index contributed by atoms with van der Waals surface area (Å²) in [6, 6.07) is 15.0. The lowest BCUT2D eigenvalue weighted by Crippen LogP contribution is -2.54. The number of thiazole rings is 1. The Morgan fingerprint density at radius 1 is 1.15 bits per heavy atom. The van der Waals surface area contributed by atoms with Crippen LogP contribution >= 0.6 is 22.9 Å². The highest BCUT2D eigenvalue weighted by molar-refractivity contribution is 7.13. The molecule has 0 unspecified atom stereocenters. The van der Waals surface area contributed by atoms with Crippen molar-refractivity contribution in [1.82, 2.24) is 19.8 Å². The molecule has 2 aromatic carbocycles. The van der Waals surface area contributed by atoms with Crippen molar-refractivity contribution in [2.45, 2.75) is 39.7 Å². The van der Waals surface area contributed by atoms with Gasteiger partial charge in [-0.1, -0.05) is 55.8 Å². The van der Waals surface area contributed by atoms with Crippen LogP contribution in [0.5, 0.6) is 0 Å². The van der Waals surface area contributed by atoms with Gasteiger partial charge in [0.1, 0.15) is 5.01 Å². The van der Waals surface area contributed by atoms with Crippen molar-refractivity contribution in [2.24, 2.45) is 0 Å². The van der Waals surface area contributed by atoms with Crippen LogP contribution in [0.3, 0.4) is 0 Å². The Hall–Kier alpha value is -3.30. The maximum absolute atomic E-state index is 14.3. The molecule has 208 valence electrons. The van der Waals surface area contributed by atoms with E-state index in [0.717, 1.165) is 40.9 Å². The van der Waals surface area contributed by atoms with Crippen LogP contribution < -0.4 is 10.9 Å². The first-order valence-corrected chi connectivity index (χ1v) is 14.8. The van der Waals surface area contributed by atoms with Crippen molar-refractivity contribution < 1.29 is 9.90 Å². The number of pyridine rings is 1. The van der Waals surface area contributed by atoms with Crippen LogP contribution in [-0.4, -0.2) is 57.7 Å². The number of hydrogen-bond donors (Lipinski definition) is 2. The molecule has 0 radical (unpaired) electrons. The van der Waals surface area contributed by atoms with Gasteiger partial charge in [0.25, 0.3) is 11.5 Å². The predicted molar refractivity (Wildman–Crippen MR) is 162 cm³/mol. The van der Waals surface area contributed by atoms with E-state index in [9.17, 15) is 14.7 Å². The fourth-order valence-corrected chi connectivity index (χ4v) is 6.26. The standard InChI is InChI=1S/C31H33ClN4O3S/c1-4-20-7-6-8-21(5-2)28(20)36-19(3)25(30(38)35-14-13-33-24(16-35)17-37)15-26(31(36)39)29-34-27(18-40-29)22-9-11-23(32)12-10-22/h6-12,15,18,24,33,37H,4-5,13-14,16-17H2,1-3H3/t24-/m0/s1. The van der Waals surface area contributed by atoms with Gasteiger partial charge < -0.3 is 15.3 Å². The molecular weight excluding hydrogens is 544 g/mol. The van der Waals surface area contributed by atoms with E-state index >= 15 is 0 Å². The summed E-state index contributed by atoms with van der Waals surface area (Å²) in [5.74, 6) is -0.158.